The van der Waals surface area contributed by atoms with Crippen LogP contribution in [0.3, 0.4) is 0 Å². The van der Waals surface area contributed by atoms with Crippen molar-refractivity contribution < 1.29 is 51.9 Å². The van der Waals surface area contributed by atoms with Gasteiger partial charge in [0.25, 0.3) is 0 Å². The molecule has 482 valence electrons. The molecular formula is C58H88N18O11S. The number of rotatable bonds is 35. The van der Waals surface area contributed by atoms with Crippen molar-refractivity contribution in [1.29, 1.82) is 0 Å². The van der Waals surface area contributed by atoms with Gasteiger partial charge >= 0.3 is 0 Å². The van der Waals surface area contributed by atoms with Crippen LogP contribution in [-0.2, 0) is 54.8 Å². The van der Waals surface area contributed by atoms with Crippen LogP contribution in [0.2, 0.25) is 0 Å². The van der Waals surface area contributed by atoms with Crippen molar-refractivity contribution >= 4 is 96.6 Å². The molecule has 3 aromatic carbocycles. The first-order chi connectivity index (χ1) is 41.7. The molecule has 8 amide bonds. The summed E-state index contributed by atoms with van der Waals surface area (Å²) >= 11 is 0. The summed E-state index contributed by atoms with van der Waals surface area (Å²) in [5.74, 6) is -7.16. The summed E-state index contributed by atoms with van der Waals surface area (Å²) < 4.78 is 31.1. The first-order valence-corrected chi connectivity index (χ1v) is 30.8. The van der Waals surface area contributed by atoms with Gasteiger partial charge in [0.2, 0.25) is 57.3 Å². The SMILES string of the molecule is CC(C)C[C@H](NS(=O)(=O)c1cccc2c(N(C)C)cccc12)C(=O)N1CCC[C@H]1C(=O)N[C@@H](CCCCN)C(=O)N[C@H](C(=O)NCC(=O)N[C@@H](Cc1c[nH]c2ccccc12)C(=O)N[C@@H](CCCN=C(N)N)C(=O)N[C@@H](CCCN=C(N)N)C(N)=O)[C@@H](C)O. The van der Waals surface area contributed by atoms with Gasteiger partial charge < -0.3 is 86.2 Å². The highest BCUT2D eigenvalue weighted by atomic mass is 32.2. The fraction of sp³-hybridized carbons (Fsp3) is 0.517. The number of nitrogens with two attached hydrogens (primary N) is 6. The van der Waals surface area contributed by atoms with Gasteiger partial charge in [-0.2, -0.15) is 4.72 Å². The van der Waals surface area contributed by atoms with E-state index in [-0.39, 0.29) is 100 Å². The number of amides is 8. The Kier molecular flexibility index (Phi) is 26.7. The summed E-state index contributed by atoms with van der Waals surface area (Å²) in [4.78, 5) is 126. The second-order valence-electron chi connectivity index (χ2n) is 22.4. The number of nitrogens with zero attached hydrogens (tertiary/aromatic N) is 4. The van der Waals surface area contributed by atoms with E-state index in [9.17, 15) is 51.9 Å². The van der Waals surface area contributed by atoms with E-state index in [1.165, 1.54) is 17.9 Å². The summed E-state index contributed by atoms with van der Waals surface area (Å²) in [7, 11) is -0.631. The van der Waals surface area contributed by atoms with Crippen molar-refractivity contribution in [3.63, 3.8) is 0 Å². The zero-order valence-electron chi connectivity index (χ0n) is 50.6. The molecule has 8 atom stereocenters. The summed E-state index contributed by atoms with van der Waals surface area (Å²) in [6.45, 7) is 4.69. The maximum atomic E-state index is 14.5. The van der Waals surface area contributed by atoms with Crippen molar-refractivity contribution in [2.75, 3.05) is 51.7 Å². The molecule has 30 heteroatoms. The van der Waals surface area contributed by atoms with E-state index < -0.39 is 112 Å². The number of hydrogen-bond donors (Lipinski definition) is 15. The Morgan fingerprint density at radius 2 is 1.28 bits per heavy atom. The number of aliphatic hydroxyl groups is 1. The number of para-hydroxylation sites is 1. The van der Waals surface area contributed by atoms with Crippen LogP contribution in [0.5, 0.6) is 0 Å². The fourth-order valence-corrected chi connectivity index (χ4v) is 11.8. The standard InChI is InChI=1S/C58H88N18O11S/c1-33(2)29-44(74-88(86,87)47-24-11-16-37-38(47)17-10-22-45(37)75(4)5)56(85)76-28-14-23-46(76)54(83)72-41(19-8-9-25-59)52(81)73-49(34(3)77)55(84)68-32-48(78)69-43(30-35-31-67-39-18-7-6-15-36(35)39)53(82)71-42(21-13-27-66-58(63)64)51(80)70-40(50(60)79)20-12-26-65-57(61)62/h6-7,10-11,15-18,22,24,31,33-34,40-44,46,49,67,74,77H,8-9,12-14,19-21,23,25-30,32,59H2,1-5H3,(H2,60,79)(H,68,84)(H,69,78)(H,70,80)(H,71,82)(H,72,83)(H,73,81)(H4,61,62,65)(H4,63,64,66)/t34-,40+,41+,42+,43+,44+,46+,49+/m1/s1. The van der Waals surface area contributed by atoms with E-state index in [0.717, 1.165) is 11.2 Å². The van der Waals surface area contributed by atoms with Gasteiger partial charge in [-0.25, -0.2) is 8.42 Å². The Morgan fingerprint density at radius 3 is 1.92 bits per heavy atom. The molecule has 0 saturated carbocycles. The third-order valence-corrected chi connectivity index (χ3v) is 16.3. The monoisotopic (exact) mass is 1240 g/mol. The van der Waals surface area contributed by atoms with Crippen LogP contribution in [0.4, 0.5) is 5.69 Å². The molecule has 0 aliphatic carbocycles. The minimum Gasteiger partial charge on any atom is -0.391 e. The number of unbranched alkanes of at least 4 members (excludes halogenated alkanes) is 1. The fourth-order valence-electron chi connectivity index (χ4n) is 10.4. The normalized spacial score (nSPS) is 15.6. The Bertz CT molecular complexity index is 3250. The van der Waals surface area contributed by atoms with E-state index in [2.05, 4.69) is 51.6 Å². The lowest BCUT2D eigenvalue weighted by molar-refractivity contribution is -0.141. The number of benzene rings is 3. The van der Waals surface area contributed by atoms with Crippen molar-refractivity contribution in [1.82, 2.24) is 46.5 Å². The molecule has 2 heterocycles. The van der Waals surface area contributed by atoms with Gasteiger partial charge in [-0.3, -0.25) is 48.3 Å². The van der Waals surface area contributed by atoms with Gasteiger partial charge in [0.15, 0.2) is 11.9 Å². The number of fused-ring (bicyclic) bond motifs is 2. The van der Waals surface area contributed by atoms with Crippen LogP contribution in [-0.4, -0.2) is 178 Å². The number of carbonyl (C=O) groups is 8. The van der Waals surface area contributed by atoms with Crippen LogP contribution < -0.4 is 75.9 Å². The summed E-state index contributed by atoms with van der Waals surface area (Å²) in [6, 6.07) is 8.10. The molecule has 1 aliphatic heterocycles. The molecule has 1 aliphatic rings. The highest BCUT2D eigenvalue weighted by molar-refractivity contribution is 7.89. The minimum absolute atomic E-state index is 0.0212. The van der Waals surface area contributed by atoms with Gasteiger partial charge in [0.1, 0.15) is 42.3 Å². The predicted molar refractivity (Wildman–Crippen MR) is 335 cm³/mol. The lowest BCUT2D eigenvalue weighted by Crippen LogP contribution is -2.60. The molecule has 0 spiro atoms. The number of aromatic nitrogens is 1. The van der Waals surface area contributed by atoms with Gasteiger partial charge in [-0.15, -0.1) is 0 Å². The van der Waals surface area contributed by atoms with Gasteiger partial charge in [0.05, 0.1) is 17.5 Å². The zero-order chi connectivity index (χ0) is 64.8. The molecule has 1 fully saturated rings. The van der Waals surface area contributed by atoms with Crippen LogP contribution >= 0.6 is 0 Å². The average Bonchev–Trinajstić information content (AvgIpc) is 3.10. The quantitative estimate of drug-likeness (QED) is 0.0134. The number of likely N-dealkylation sites (tertiary alicyclic amines) is 1. The van der Waals surface area contributed by atoms with Crippen LogP contribution in [0.15, 0.2) is 81.7 Å². The Hall–Kier alpha value is -8.61. The molecule has 1 aromatic heterocycles. The van der Waals surface area contributed by atoms with Crippen molar-refractivity contribution in [2.24, 2.45) is 50.3 Å². The van der Waals surface area contributed by atoms with E-state index in [4.69, 9.17) is 34.4 Å². The smallest absolute Gasteiger partial charge is 0.245 e. The number of primary amides is 1. The molecule has 1 saturated heterocycles. The number of aliphatic imine (C=N–C) groups is 2. The molecule has 4 aromatic rings. The minimum atomic E-state index is -4.32. The van der Waals surface area contributed by atoms with E-state index in [1.54, 1.807) is 48.7 Å². The third-order valence-electron chi connectivity index (χ3n) is 14.8. The molecule has 0 radical (unpaired) electrons. The second kappa shape index (κ2) is 33.5. The summed E-state index contributed by atoms with van der Waals surface area (Å²) in [5, 5.41) is 28.3. The lowest BCUT2D eigenvalue weighted by Gasteiger charge is -2.31. The molecular weight excluding hydrogens is 1160 g/mol. The van der Waals surface area contributed by atoms with Gasteiger partial charge in [-0.05, 0) is 107 Å². The highest BCUT2D eigenvalue weighted by Gasteiger charge is 2.41. The highest BCUT2D eigenvalue weighted by Crippen LogP contribution is 2.31. The van der Waals surface area contributed by atoms with Gasteiger partial charge in [0, 0.05) is 73.7 Å². The molecule has 5 rings (SSSR count). The topological polar surface area (TPSA) is 478 Å². The van der Waals surface area contributed by atoms with E-state index in [1.807, 2.05) is 45.0 Å². The molecule has 29 nitrogen and oxygen atoms in total. The summed E-state index contributed by atoms with van der Waals surface area (Å²) in [5.41, 5.74) is 35.4. The van der Waals surface area contributed by atoms with Crippen molar-refractivity contribution in [2.45, 2.75) is 145 Å². The predicted octanol–water partition coefficient (Wildman–Crippen LogP) is -2.04. The maximum absolute atomic E-state index is 14.5. The number of guanidine groups is 2. The third kappa shape index (κ3) is 20.5. The van der Waals surface area contributed by atoms with Crippen LogP contribution in [0.1, 0.15) is 90.5 Å². The number of hydrogen-bond acceptors (Lipinski definition) is 15. The molecule has 21 N–H and O–H groups in total. The Morgan fingerprint density at radius 1 is 0.693 bits per heavy atom. The number of nitrogens with one attached hydrogen (secondary N) is 8. The number of sulfonamides is 1. The number of H-pyrrole nitrogens is 1. The lowest BCUT2D eigenvalue weighted by atomic mass is 10.0. The first kappa shape index (κ1) is 70.2. The summed E-state index contributed by atoms with van der Waals surface area (Å²) in [6.07, 6.45) is 1.87. The van der Waals surface area contributed by atoms with Crippen LogP contribution in [0.25, 0.3) is 21.7 Å². The van der Waals surface area contributed by atoms with E-state index in [0.29, 0.717) is 41.0 Å². The van der Waals surface area contributed by atoms with Crippen molar-refractivity contribution in [3.05, 3.63) is 72.4 Å². The Labute approximate surface area is 512 Å². The number of anilines is 1. The first-order valence-electron chi connectivity index (χ1n) is 29.4. The van der Waals surface area contributed by atoms with Crippen LogP contribution in [0, 0.1) is 5.92 Å². The second-order valence-corrected chi connectivity index (χ2v) is 24.1. The van der Waals surface area contributed by atoms with Crippen molar-refractivity contribution in [3.8, 4) is 0 Å². The largest absolute Gasteiger partial charge is 0.391 e. The maximum Gasteiger partial charge on any atom is 0.245 e. The Balaban J connectivity index is 1.30. The number of aromatic amines is 1. The molecule has 88 heavy (non-hydrogen) atoms. The van der Waals surface area contributed by atoms with Gasteiger partial charge in [-0.1, -0.05) is 56.3 Å². The van der Waals surface area contributed by atoms with E-state index >= 15 is 0 Å². The number of aliphatic hydroxyl groups excluding tert-OH is 1. The molecule has 0 bridgehead atoms. The average molecular weight is 1250 g/mol. The number of carbonyl (C=O) groups excluding carboxylic acids is 8. The molecule has 0 unspecified atom stereocenters. The zero-order valence-corrected chi connectivity index (χ0v) is 51.4.